The standard InChI is InChI=1S/C14H15FN2O3/c15-10-5-1-3-9(14(19)20)12(10)17-6-2-4-8-11(17)7-16-13(8)18/h1,3,5,8,11H,2,4,6-7H2,(H,16,18)(H,19,20). The van der Waals surface area contributed by atoms with Gasteiger partial charge >= 0.3 is 5.97 Å². The third kappa shape index (κ3) is 1.92. The van der Waals surface area contributed by atoms with Gasteiger partial charge in [-0.05, 0) is 25.0 Å². The fourth-order valence-corrected chi connectivity index (χ4v) is 3.21. The molecule has 2 atom stereocenters. The van der Waals surface area contributed by atoms with Gasteiger partial charge < -0.3 is 15.3 Å². The molecule has 0 aliphatic carbocycles. The molecule has 20 heavy (non-hydrogen) atoms. The zero-order chi connectivity index (χ0) is 14.3. The number of aromatic carboxylic acids is 1. The van der Waals surface area contributed by atoms with Gasteiger partial charge in [0.2, 0.25) is 5.91 Å². The van der Waals surface area contributed by atoms with Crippen LogP contribution in [0.5, 0.6) is 0 Å². The SMILES string of the molecule is O=C(O)c1cccc(F)c1N1CCCC2C(=O)NCC21. The van der Waals surface area contributed by atoms with Crippen LogP contribution in [0.3, 0.4) is 0 Å². The molecule has 0 saturated carbocycles. The fraction of sp³-hybridized carbons (Fsp3) is 0.429. The first-order valence-electron chi connectivity index (χ1n) is 6.65. The largest absolute Gasteiger partial charge is 0.478 e. The molecule has 3 rings (SSSR count). The molecule has 2 heterocycles. The average molecular weight is 278 g/mol. The summed E-state index contributed by atoms with van der Waals surface area (Å²) < 4.78 is 14.1. The van der Waals surface area contributed by atoms with Gasteiger partial charge in [0.25, 0.3) is 0 Å². The highest BCUT2D eigenvalue weighted by Gasteiger charge is 2.42. The molecule has 5 nitrogen and oxygen atoms in total. The quantitative estimate of drug-likeness (QED) is 0.854. The molecule has 0 spiro atoms. The highest BCUT2D eigenvalue weighted by molar-refractivity contribution is 5.95. The van der Waals surface area contributed by atoms with E-state index in [9.17, 15) is 19.1 Å². The van der Waals surface area contributed by atoms with E-state index in [1.807, 2.05) is 0 Å². The Bertz CT molecular complexity index is 576. The molecular weight excluding hydrogens is 263 g/mol. The summed E-state index contributed by atoms with van der Waals surface area (Å²) in [6.07, 6.45) is 1.52. The van der Waals surface area contributed by atoms with E-state index >= 15 is 0 Å². The number of halogens is 1. The molecular formula is C14H15FN2O3. The maximum atomic E-state index is 14.1. The van der Waals surface area contributed by atoms with E-state index in [1.54, 1.807) is 4.90 Å². The molecule has 0 bridgehead atoms. The van der Waals surface area contributed by atoms with E-state index in [4.69, 9.17) is 0 Å². The Balaban J connectivity index is 2.04. The van der Waals surface area contributed by atoms with Crippen molar-refractivity contribution in [2.45, 2.75) is 18.9 Å². The molecule has 1 aromatic carbocycles. The third-order valence-corrected chi connectivity index (χ3v) is 4.11. The molecule has 2 saturated heterocycles. The molecule has 0 radical (unpaired) electrons. The lowest BCUT2D eigenvalue weighted by Gasteiger charge is -2.38. The number of carbonyl (C=O) groups excluding carboxylic acids is 1. The number of anilines is 1. The second-order valence-electron chi connectivity index (χ2n) is 5.20. The first-order valence-corrected chi connectivity index (χ1v) is 6.65. The maximum Gasteiger partial charge on any atom is 0.337 e. The van der Waals surface area contributed by atoms with Crippen LogP contribution in [-0.2, 0) is 4.79 Å². The Morgan fingerprint density at radius 3 is 3.00 bits per heavy atom. The average Bonchev–Trinajstić information content (AvgIpc) is 2.80. The van der Waals surface area contributed by atoms with E-state index in [1.165, 1.54) is 18.2 Å². The molecule has 2 aliphatic rings. The number of nitrogens with zero attached hydrogens (tertiary/aromatic N) is 1. The number of hydrogen-bond acceptors (Lipinski definition) is 3. The number of carbonyl (C=O) groups is 2. The van der Waals surface area contributed by atoms with Gasteiger partial charge in [-0.15, -0.1) is 0 Å². The lowest BCUT2D eigenvalue weighted by molar-refractivity contribution is -0.123. The lowest BCUT2D eigenvalue weighted by Crippen LogP contribution is -2.46. The van der Waals surface area contributed by atoms with Crippen LogP contribution in [0.2, 0.25) is 0 Å². The van der Waals surface area contributed by atoms with Gasteiger partial charge in [-0.2, -0.15) is 0 Å². The van der Waals surface area contributed by atoms with Crippen LogP contribution in [-0.4, -0.2) is 36.1 Å². The Morgan fingerprint density at radius 2 is 2.25 bits per heavy atom. The van der Waals surface area contributed by atoms with Gasteiger partial charge in [0, 0.05) is 13.1 Å². The topological polar surface area (TPSA) is 69.6 Å². The van der Waals surface area contributed by atoms with E-state index in [0.29, 0.717) is 13.1 Å². The van der Waals surface area contributed by atoms with Gasteiger partial charge in [0.05, 0.1) is 23.2 Å². The van der Waals surface area contributed by atoms with Gasteiger partial charge in [0.1, 0.15) is 5.82 Å². The minimum absolute atomic E-state index is 0.0204. The zero-order valence-corrected chi connectivity index (χ0v) is 10.8. The van der Waals surface area contributed by atoms with Crippen molar-refractivity contribution in [2.24, 2.45) is 5.92 Å². The summed E-state index contributed by atoms with van der Waals surface area (Å²) in [5, 5.41) is 12.0. The van der Waals surface area contributed by atoms with Crippen molar-refractivity contribution < 1.29 is 19.1 Å². The minimum atomic E-state index is -1.15. The van der Waals surface area contributed by atoms with Gasteiger partial charge in [-0.3, -0.25) is 4.79 Å². The number of carboxylic acids is 1. The summed E-state index contributed by atoms with van der Waals surface area (Å²) in [6, 6.07) is 3.89. The Kier molecular flexibility index (Phi) is 3.08. The summed E-state index contributed by atoms with van der Waals surface area (Å²) in [5.41, 5.74) is 0.0520. The molecule has 106 valence electrons. The van der Waals surface area contributed by atoms with Gasteiger partial charge in [0.15, 0.2) is 0 Å². The second-order valence-corrected chi connectivity index (χ2v) is 5.20. The molecule has 0 aromatic heterocycles. The first-order chi connectivity index (χ1) is 9.59. The molecule has 1 amide bonds. The number of para-hydroxylation sites is 1. The van der Waals surface area contributed by atoms with Crippen LogP contribution in [0.4, 0.5) is 10.1 Å². The number of hydrogen-bond donors (Lipinski definition) is 2. The highest BCUT2D eigenvalue weighted by Crippen LogP contribution is 2.35. The van der Waals surface area contributed by atoms with Crippen molar-refractivity contribution in [1.82, 2.24) is 5.32 Å². The normalized spacial score (nSPS) is 25.2. The highest BCUT2D eigenvalue weighted by atomic mass is 19.1. The van der Waals surface area contributed by atoms with Crippen molar-refractivity contribution in [1.29, 1.82) is 0 Å². The molecule has 2 unspecified atom stereocenters. The summed E-state index contributed by atoms with van der Waals surface area (Å²) in [6.45, 7) is 1.01. The van der Waals surface area contributed by atoms with Crippen molar-refractivity contribution in [2.75, 3.05) is 18.0 Å². The van der Waals surface area contributed by atoms with E-state index in [0.717, 1.165) is 12.8 Å². The Hall–Kier alpha value is -2.11. The third-order valence-electron chi connectivity index (χ3n) is 4.11. The van der Waals surface area contributed by atoms with Crippen molar-refractivity contribution in [3.63, 3.8) is 0 Å². The van der Waals surface area contributed by atoms with Gasteiger partial charge in [-0.25, -0.2) is 9.18 Å². The Labute approximate surface area is 115 Å². The Morgan fingerprint density at radius 1 is 1.45 bits per heavy atom. The van der Waals surface area contributed by atoms with Crippen molar-refractivity contribution in [3.05, 3.63) is 29.6 Å². The number of benzene rings is 1. The zero-order valence-electron chi connectivity index (χ0n) is 10.8. The van der Waals surface area contributed by atoms with Crippen molar-refractivity contribution >= 4 is 17.6 Å². The van der Waals surface area contributed by atoms with E-state index in [-0.39, 0.29) is 29.1 Å². The summed E-state index contributed by atoms with van der Waals surface area (Å²) in [7, 11) is 0. The molecule has 2 aliphatic heterocycles. The first kappa shape index (κ1) is 12.9. The monoisotopic (exact) mass is 278 g/mol. The number of fused-ring (bicyclic) bond motifs is 1. The summed E-state index contributed by atoms with van der Waals surface area (Å²) in [4.78, 5) is 24.8. The predicted molar refractivity (Wildman–Crippen MR) is 70.2 cm³/mol. The van der Waals surface area contributed by atoms with Crippen LogP contribution < -0.4 is 10.2 Å². The lowest BCUT2D eigenvalue weighted by atomic mass is 9.90. The van der Waals surface area contributed by atoms with E-state index in [2.05, 4.69) is 5.32 Å². The second kappa shape index (κ2) is 4.77. The smallest absolute Gasteiger partial charge is 0.337 e. The van der Waals surface area contributed by atoms with Crippen molar-refractivity contribution in [3.8, 4) is 0 Å². The summed E-state index contributed by atoms with van der Waals surface area (Å²) in [5.74, 6) is -1.90. The van der Waals surface area contributed by atoms with Crippen LogP contribution in [0.1, 0.15) is 23.2 Å². The fourth-order valence-electron chi connectivity index (χ4n) is 3.21. The summed E-state index contributed by atoms with van der Waals surface area (Å²) >= 11 is 0. The van der Waals surface area contributed by atoms with Crippen LogP contribution >= 0.6 is 0 Å². The molecule has 2 fully saturated rings. The number of piperidine rings is 1. The number of rotatable bonds is 2. The van der Waals surface area contributed by atoms with Crippen LogP contribution in [0.25, 0.3) is 0 Å². The molecule has 6 heteroatoms. The molecule has 1 aromatic rings. The number of amides is 1. The predicted octanol–water partition coefficient (Wildman–Crippen LogP) is 1.24. The number of nitrogens with one attached hydrogen (secondary N) is 1. The maximum absolute atomic E-state index is 14.1. The van der Waals surface area contributed by atoms with E-state index < -0.39 is 11.8 Å². The molecule has 2 N–H and O–H groups in total. The van der Waals surface area contributed by atoms with Gasteiger partial charge in [-0.1, -0.05) is 6.07 Å². The minimum Gasteiger partial charge on any atom is -0.478 e. The number of carboxylic acid groups (broad SMARTS) is 1. The van der Waals surface area contributed by atoms with Crippen LogP contribution in [0.15, 0.2) is 18.2 Å². The van der Waals surface area contributed by atoms with Crippen LogP contribution in [0, 0.1) is 11.7 Å².